The molecule has 0 heterocycles. The van der Waals surface area contributed by atoms with E-state index in [2.05, 4.69) is 5.32 Å². The maximum atomic E-state index is 13.4. The van der Waals surface area contributed by atoms with Crippen LogP contribution in [0.3, 0.4) is 0 Å². The van der Waals surface area contributed by atoms with Crippen molar-refractivity contribution in [2.75, 3.05) is 0 Å². The molecule has 0 spiro atoms. The third-order valence-corrected chi connectivity index (χ3v) is 2.19. The quantitative estimate of drug-likeness (QED) is 0.876. The highest BCUT2D eigenvalue weighted by Gasteiger charge is 2.17. The van der Waals surface area contributed by atoms with Crippen LogP contribution >= 0.6 is 0 Å². The lowest BCUT2D eigenvalue weighted by atomic mass is 10.2. The van der Waals surface area contributed by atoms with E-state index in [1.54, 1.807) is 19.1 Å². The predicted molar refractivity (Wildman–Crippen MR) is 64.5 cm³/mol. The average Bonchev–Trinajstić information content (AvgIpc) is 2.22. The highest BCUT2D eigenvalue weighted by molar-refractivity contribution is 5.80. The molecule has 0 saturated heterocycles. The van der Waals surface area contributed by atoms with E-state index in [4.69, 9.17) is 4.74 Å². The topological polar surface area (TPSA) is 38.3 Å². The molecule has 17 heavy (non-hydrogen) atoms. The van der Waals surface area contributed by atoms with Crippen LogP contribution in [0.5, 0.6) is 5.75 Å². The zero-order valence-electron chi connectivity index (χ0n) is 10.6. The molecule has 3 nitrogen and oxygen atoms in total. The number of nitrogens with one attached hydrogen (secondary N) is 1. The summed E-state index contributed by atoms with van der Waals surface area (Å²) in [4.78, 5) is 11.6. The molecular weight excluding hydrogens is 221 g/mol. The number of halogens is 1. The number of benzene rings is 1. The monoisotopic (exact) mass is 239 g/mol. The van der Waals surface area contributed by atoms with Gasteiger partial charge in [-0.1, -0.05) is 6.07 Å². The zero-order chi connectivity index (χ0) is 13.0. The minimum absolute atomic E-state index is 0.0379. The van der Waals surface area contributed by atoms with Gasteiger partial charge in [0.05, 0.1) is 0 Å². The molecule has 0 fully saturated rings. The van der Waals surface area contributed by atoms with E-state index >= 15 is 0 Å². The van der Waals surface area contributed by atoms with Crippen molar-refractivity contribution in [1.82, 2.24) is 5.32 Å². The maximum Gasteiger partial charge on any atom is 0.260 e. The van der Waals surface area contributed by atoms with E-state index in [-0.39, 0.29) is 17.7 Å². The highest BCUT2D eigenvalue weighted by Crippen LogP contribution is 2.19. The zero-order valence-corrected chi connectivity index (χ0v) is 10.6. The Balaban J connectivity index is 2.70. The van der Waals surface area contributed by atoms with Crippen molar-refractivity contribution in [3.8, 4) is 5.75 Å². The van der Waals surface area contributed by atoms with Crippen LogP contribution in [0.4, 0.5) is 4.39 Å². The fraction of sp³-hybridized carbons (Fsp3) is 0.462. The summed E-state index contributed by atoms with van der Waals surface area (Å²) in [5.74, 6) is -0.600. The molecule has 0 aliphatic carbocycles. The van der Waals surface area contributed by atoms with Crippen molar-refractivity contribution in [1.29, 1.82) is 0 Å². The minimum atomic E-state index is -0.714. The van der Waals surface area contributed by atoms with Gasteiger partial charge in [-0.2, -0.15) is 0 Å². The lowest BCUT2D eigenvalue weighted by molar-refractivity contribution is -0.127. The molecule has 0 bridgehead atoms. The Morgan fingerprint density at radius 2 is 2.00 bits per heavy atom. The van der Waals surface area contributed by atoms with Crippen molar-refractivity contribution in [3.05, 3.63) is 29.6 Å². The Morgan fingerprint density at radius 3 is 2.59 bits per heavy atom. The van der Waals surface area contributed by atoms with Gasteiger partial charge < -0.3 is 10.1 Å². The Kier molecular flexibility index (Phi) is 4.49. The maximum absolute atomic E-state index is 13.4. The van der Waals surface area contributed by atoms with Gasteiger partial charge in [-0.3, -0.25) is 4.79 Å². The largest absolute Gasteiger partial charge is 0.478 e. The van der Waals surface area contributed by atoms with Crippen molar-refractivity contribution < 1.29 is 13.9 Å². The van der Waals surface area contributed by atoms with Gasteiger partial charge in [-0.25, -0.2) is 4.39 Å². The number of rotatable bonds is 4. The summed E-state index contributed by atoms with van der Waals surface area (Å²) in [6, 6.07) is 4.60. The van der Waals surface area contributed by atoms with Crippen LogP contribution in [0.1, 0.15) is 26.3 Å². The Morgan fingerprint density at radius 1 is 1.35 bits per heavy atom. The normalized spacial score (nSPS) is 12.4. The predicted octanol–water partition coefficient (Wildman–Crippen LogP) is 2.43. The Labute approximate surface area is 101 Å². The van der Waals surface area contributed by atoms with Gasteiger partial charge in [0, 0.05) is 6.04 Å². The van der Waals surface area contributed by atoms with Crippen molar-refractivity contribution in [2.45, 2.75) is 39.8 Å². The molecule has 1 atom stereocenters. The number of hydrogen-bond acceptors (Lipinski definition) is 2. The fourth-order valence-electron chi connectivity index (χ4n) is 1.35. The van der Waals surface area contributed by atoms with E-state index in [0.29, 0.717) is 0 Å². The molecule has 1 aromatic rings. The summed E-state index contributed by atoms with van der Waals surface area (Å²) in [6.07, 6.45) is -0.714. The minimum Gasteiger partial charge on any atom is -0.478 e. The molecule has 0 aliphatic heterocycles. The highest BCUT2D eigenvalue weighted by atomic mass is 19.1. The molecule has 1 rings (SSSR count). The second-order valence-corrected chi connectivity index (χ2v) is 4.36. The smallest absolute Gasteiger partial charge is 0.260 e. The summed E-state index contributed by atoms with van der Waals surface area (Å²) < 4.78 is 18.7. The van der Waals surface area contributed by atoms with E-state index in [1.165, 1.54) is 6.07 Å². The van der Waals surface area contributed by atoms with Gasteiger partial charge in [-0.15, -0.1) is 0 Å². The lowest BCUT2D eigenvalue weighted by Crippen LogP contribution is -2.40. The van der Waals surface area contributed by atoms with Crippen LogP contribution in [0.2, 0.25) is 0 Å². The van der Waals surface area contributed by atoms with Crippen LogP contribution in [0.25, 0.3) is 0 Å². The standard InChI is InChI=1S/C13H18FNO2/c1-8(2)15-13(16)10(4)17-12-7-9(3)5-6-11(12)14/h5-8,10H,1-4H3,(H,15,16). The third kappa shape index (κ3) is 4.06. The summed E-state index contributed by atoms with van der Waals surface area (Å²) >= 11 is 0. The van der Waals surface area contributed by atoms with Gasteiger partial charge in [-0.05, 0) is 45.4 Å². The van der Waals surface area contributed by atoms with Crippen LogP contribution < -0.4 is 10.1 Å². The molecule has 1 aromatic carbocycles. The molecule has 0 aromatic heterocycles. The molecule has 1 unspecified atom stereocenters. The molecule has 0 radical (unpaired) electrons. The van der Waals surface area contributed by atoms with E-state index in [9.17, 15) is 9.18 Å². The molecule has 94 valence electrons. The Hall–Kier alpha value is -1.58. The van der Waals surface area contributed by atoms with Crippen molar-refractivity contribution in [2.24, 2.45) is 0 Å². The van der Waals surface area contributed by atoms with E-state index < -0.39 is 11.9 Å². The molecule has 1 amide bonds. The van der Waals surface area contributed by atoms with Gasteiger partial charge in [0.25, 0.3) is 5.91 Å². The van der Waals surface area contributed by atoms with Crippen molar-refractivity contribution in [3.63, 3.8) is 0 Å². The second-order valence-electron chi connectivity index (χ2n) is 4.36. The first-order chi connectivity index (χ1) is 7.90. The first-order valence-corrected chi connectivity index (χ1v) is 5.63. The van der Waals surface area contributed by atoms with Crippen molar-refractivity contribution >= 4 is 5.91 Å². The molecular formula is C13H18FNO2. The number of hydrogen-bond donors (Lipinski definition) is 1. The van der Waals surface area contributed by atoms with E-state index in [0.717, 1.165) is 5.56 Å². The summed E-state index contributed by atoms with van der Waals surface area (Å²) in [5.41, 5.74) is 0.887. The van der Waals surface area contributed by atoms with Crippen LogP contribution in [-0.2, 0) is 4.79 Å². The molecule has 1 N–H and O–H groups in total. The number of amides is 1. The third-order valence-electron chi connectivity index (χ3n) is 2.19. The van der Waals surface area contributed by atoms with Crippen LogP contribution in [0.15, 0.2) is 18.2 Å². The lowest BCUT2D eigenvalue weighted by Gasteiger charge is -2.17. The number of aryl methyl sites for hydroxylation is 1. The number of carbonyl (C=O) groups is 1. The number of ether oxygens (including phenoxy) is 1. The number of carbonyl (C=O) groups excluding carboxylic acids is 1. The van der Waals surface area contributed by atoms with E-state index in [1.807, 2.05) is 20.8 Å². The van der Waals surface area contributed by atoms with Gasteiger partial charge >= 0.3 is 0 Å². The first-order valence-electron chi connectivity index (χ1n) is 5.63. The SMILES string of the molecule is Cc1ccc(F)c(OC(C)C(=O)NC(C)C)c1. The Bertz CT molecular complexity index is 404. The summed E-state index contributed by atoms with van der Waals surface area (Å²) in [7, 11) is 0. The van der Waals surface area contributed by atoms with Gasteiger partial charge in [0.2, 0.25) is 0 Å². The summed E-state index contributed by atoms with van der Waals surface area (Å²) in [5, 5.41) is 2.71. The molecule has 0 aliphatic rings. The first kappa shape index (κ1) is 13.5. The fourth-order valence-corrected chi connectivity index (χ4v) is 1.35. The van der Waals surface area contributed by atoms with Gasteiger partial charge in [0.15, 0.2) is 17.7 Å². The van der Waals surface area contributed by atoms with Gasteiger partial charge in [0.1, 0.15) is 0 Å². The van der Waals surface area contributed by atoms with Crippen LogP contribution in [-0.4, -0.2) is 18.1 Å². The summed E-state index contributed by atoms with van der Waals surface area (Å²) in [6.45, 7) is 7.15. The molecule has 4 heteroatoms. The second kappa shape index (κ2) is 5.66. The average molecular weight is 239 g/mol. The van der Waals surface area contributed by atoms with Crippen LogP contribution in [0, 0.1) is 12.7 Å². The molecule has 0 saturated carbocycles.